The van der Waals surface area contributed by atoms with Crippen LogP contribution < -0.4 is 5.32 Å². The minimum atomic E-state index is -4.46. The molecule has 0 aromatic carbocycles. The van der Waals surface area contributed by atoms with E-state index >= 15 is 0 Å². The lowest BCUT2D eigenvalue weighted by Crippen LogP contribution is -2.57. The zero-order chi connectivity index (χ0) is 16.3. The molecule has 1 fully saturated rings. The van der Waals surface area contributed by atoms with Gasteiger partial charge in [0.2, 0.25) is 5.91 Å². The van der Waals surface area contributed by atoms with E-state index in [-0.39, 0.29) is 24.9 Å². The van der Waals surface area contributed by atoms with E-state index in [2.05, 4.69) is 15.5 Å². The Balaban J connectivity index is 2.03. The van der Waals surface area contributed by atoms with Crippen molar-refractivity contribution in [3.8, 4) is 0 Å². The summed E-state index contributed by atoms with van der Waals surface area (Å²) in [6.07, 6.45) is -1.94. The lowest BCUT2D eigenvalue weighted by atomic mass is 9.97. The second-order valence-electron chi connectivity index (χ2n) is 5.11. The van der Waals surface area contributed by atoms with Crippen molar-refractivity contribution in [1.82, 2.24) is 20.4 Å². The highest BCUT2D eigenvalue weighted by Crippen LogP contribution is 2.32. The molecule has 0 radical (unpaired) electrons. The van der Waals surface area contributed by atoms with Crippen LogP contribution in [-0.4, -0.2) is 51.7 Å². The number of piperidine rings is 1. The van der Waals surface area contributed by atoms with Crippen LogP contribution in [0.5, 0.6) is 0 Å². The normalized spacial score (nSPS) is 22.3. The highest BCUT2D eigenvalue weighted by atomic mass is 19.4. The molecule has 0 aliphatic carbocycles. The largest absolute Gasteiger partial charge is 0.408 e. The predicted molar refractivity (Wildman–Crippen MR) is 69.8 cm³/mol. The molecule has 22 heavy (non-hydrogen) atoms. The van der Waals surface area contributed by atoms with Gasteiger partial charge in [-0.1, -0.05) is 0 Å². The number of halogens is 3. The summed E-state index contributed by atoms with van der Waals surface area (Å²) in [5.74, 6) is -1.11. The molecule has 2 rings (SSSR count). The molecule has 120 valence electrons. The summed E-state index contributed by atoms with van der Waals surface area (Å²) in [6.45, 7) is 0.930. The van der Waals surface area contributed by atoms with E-state index in [0.29, 0.717) is 0 Å². The van der Waals surface area contributed by atoms with E-state index in [0.717, 1.165) is 11.8 Å². The molecule has 1 N–H and O–H groups in total. The van der Waals surface area contributed by atoms with Crippen molar-refractivity contribution < 1.29 is 22.8 Å². The molecule has 2 unspecified atom stereocenters. The second kappa shape index (κ2) is 6.29. The van der Waals surface area contributed by atoms with Crippen LogP contribution in [0.3, 0.4) is 0 Å². The first kappa shape index (κ1) is 16.2. The smallest absolute Gasteiger partial charge is 0.347 e. The summed E-state index contributed by atoms with van der Waals surface area (Å²) in [5, 5.41) is 9.73. The van der Waals surface area contributed by atoms with E-state index < -0.39 is 30.1 Å². The Kier molecular flexibility index (Phi) is 4.62. The van der Waals surface area contributed by atoms with Crippen LogP contribution in [-0.2, 0) is 4.79 Å². The Hall–Kier alpha value is -2.19. The number of nitrogens with zero attached hydrogens (tertiary/aromatic N) is 3. The minimum Gasteiger partial charge on any atom is -0.347 e. The van der Waals surface area contributed by atoms with Gasteiger partial charge in [-0.05, 0) is 18.9 Å². The lowest BCUT2D eigenvalue weighted by molar-refractivity contribution is -0.196. The van der Waals surface area contributed by atoms with Crippen LogP contribution in [0, 0.1) is 0 Å². The third kappa shape index (κ3) is 3.71. The lowest BCUT2D eigenvalue weighted by Gasteiger charge is -2.40. The molecular formula is C13H15F3N4O2. The van der Waals surface area contributed by atoms with Gasteiger partial charge in [0.25, 0.3) is 5.91 Å². The molecule has 0 saturated carbocycles. The summed E-state index contributed by atoms with van der Waals surface area (Å²) in [7, 11) is 0. The van der Waals surface area contributed by atoms with Crippen molar-refractivity contribution in [2.75, 3.05) is 6.54 Å². The van der Waals surface area contributed by atoms with E-state index in [4.69, 9.17) is 0 Å². The molecule has 2 amide bonds. The topological polar surface area (TPSA) is 75.2 Å². The highest BCUT2D eigenvalue weighted by Gasteiger charge is 2.47. The Bertz CT molecular complexity index is 550. The molecule has 9 heteroatoms. The third-order valence-corrected chi connectivity index (χ3v) is 3.55. The Morgan fingerprint density at radius 1 is 1.32 bits per heavy atom. The number of rotatable bonds is 2. The Morgan fingerprint density at radius 2 is 2.05 bits per heavy atom. The van der Waals surface area contributed by atoms with Crippen LogP contribution in [0.25, 0.3) is 0 Å². The van der Waals surface area contributed by atoms with E-state index in [1.165, 1.54) is 18.5 Å². The maximum absolute atomic E-state index is 12.9. The Morgan fingerprint density at radius 3 is 2.59 bits per heavy atom. The summed E-state index contributed by atoms with van der Waals surface area (Å²) >= 11 is 0. The highest BCUT2D eigenvalue weighted by molar-refractivity contribution is 5.94. The van der Waals surface area contributed by atoms with Gasteiger partial charge in [-0.2, -0.15) is 23.4 Å². The van der Waals surface area contributed by atoms with Crippen molar-refractivity contribution in [1.29, 1.82) is 0 Å². The van der Waals surface area contributed by atoms with Crippen molar-refractivity contribution in [2.24, 2.45) is 0 Å². The van der Waals surface area contributed by atoms with E-state index in [1.807, 2.05) is 0 Å². The summed E-state index contributed by atoms with van der Waals surface area (Å²) in [6, 6.07) is -0.865. The number of likely N-dealkylation sites (tertiary alicyclic amines) is 1. The van der Waals surface area contributed by atoms with Gasteiger partial charge in [-0.25, -0.2) is 0 Å². The van der Waals surface area contributed by atoms with Gasteiger partial charge in [0.05, 0.1) is 18.0 Å². The number of carbonyl (C=O) groups excluding carboxylic acids is 2. The van der Waals surface area contributed by atoms with Crippen LogP contribution >= 0.6 is 0 Å². The average molecular weight is 316 g/mol. The van der Waals surface area contributed by atoms with Gasteiger partial charge >= 0.3 is 6.18 Å². The zero-order valence-electron chi connectivity index (χ0n) is 11.8. The van der Waals surface area contributed by atoms with Gasteiger partial charge in [-0.3, -0.25) is 9.59 Å². The van der Waals surface area contributed by atoms with Gasteiger partial charge in [0.15, 0.2) is 0 Å². The SMILES string of the molecule is CC(=O)N1CC(NC(=O)c2ccnnc2)CCC1C(F)(F)F. The molecule has 0 bridgehead atoms. The maximum Gasteiger partial charge on any atom is 0.408 e. The number of alkyl halides is 3. The number of hydrogen-bond donors (Lipinski definition) is 1. The molecule has 2 heterocycles. The summed E-state index contributed by atoms with van der Waals surface area (Å²) in [5.41, 5.74) is 0.266. The molecule has 1 aromatic rings. The number of carbonyl (C=O) groups is 2. The summed E-state index contributed by atoms with van der Waals surface area (Å²) in [4.78, 5) is 24.2. The van der Waals surface area contributed by atoms with Gasteiger partial charge in [0.1, 0.15) is 6.04 Å². The number of amides is 2. The van der Waals surface area contributed by atoms with Crippen LogP contribution in [0.2, 0.25) is 0 Å². The second-order valence-corrected chi connectivity index (χ2v) is 5.11. The van der Waals surface area contributed by atoms with E-state index in [1.54, 1.807) is 0 Å². The van der Waals surface area contributed by atoms with Crippen LogP contribution in [0.15, 0.2) is 18.5 Å². The maximum atomic E-state index is 12.9. The molecule has 6 nitrogen and oxygen atoms in total. The first-order valence-corrected chi connectivity index (χ1v) is 6.70. The van der Waals surface area contributed by atoms with E-state index in [9.17, 15) is 22.8 Å². The van der Waals surface area contributed by atoms with Gasteiger partial charge in [0, 0.05) is 19.5 Å². The fourth-order valence-corrected chi connectivity index (χ4v) is 2.47. The van der Waals surface area contributed by atoms with Gasteiger partial charge < -0.3 is 10.2 Å². The van der Waals surface area contributed by atoms with Gasteiger partial charge in [-0.15, -0.1) is 0 Å². The third-order valence-electron chi connectivity index (χ3n) is 3.55. The first-order valence-electron chi connectivity index (χ1n) is 6.70. The van der Waals surface area contributed by atoms with Crippen molar-refractivity contribution in [3.05, 3.63) is 24.0 Å². The fraction of sp³-hybridized carbons (Fsp3) is 0.538. The van der Waals surface area contributed by atoms with Crippen molar-refractivity contribution >= 4 is 11.8 Å². The fourth-order valence-electron chi connectivity index (χ4n) is 2.47. The van der Waals surface area contributed by atoms with Crippen LogP contribution in [0.1, 0.15) is 30.1 Å². The molecule has 1 aliphatic rings. The monoisotopic (exact) mass is 316 g/mol. The zero-order valence-corrected chi connectivity index (χ0v) is 11.8. The minimum absolute atomic E-state index is 0.151. The first-order chi connectivity index (χ1) is 10.3. The predicted octanol–water partition coefficient (Wildman–Crippen LogP) is 1.15. The summed E-state index contributed by atoms with van der Waals surface area (Å²) < 4.78 is 38.7. The molecule has 1 saturated heterocycles. The van der Waals surface area contributed by atoms with Crippen molar-refractivity contribution in [2.45, 2.75) is 38.0 Å². The average Bonchev–Trinajstić information content (AvgIpc) is 2.47. The van der Waals surface area contributed by atoms with Crippen LogP contribution in [0.4, 0.5) is 13.2 Å². The molecule has 1 aromatic heterocycles. The standard InChI is InChI=1S/C13H15F3N4O2/c1-8(21)20-7-10(2-3-11(20)13(14,15)16)19-12(22)9-4-5-17-18-6-9/h4-6,10-11H,2-3,7H2,1H3,(H,19,22). The van der Waals surface area contributed by atoms with Crippen molar-refractivity contribution in [3.63, 3.8) is 0 Å². The quantitative estimate of drug-likeness (QED) is 0.888. The molecule has 2 atom stereocenters. The molecule has 1 aliphatic heterocycles. The Labute approximate surface area is 124 Å². The number of hydrogen-bond acceptors (Lipinski definition) is 4. The molecule has 0 spiro atoms. The molecular weight excluding hydrogens is 301 g/mol. The number of nitrogens with one attached hydrogen (secondary N) is 1. The number of aromatic nitrogens is 2.